The summed E-state index contributed by atoms with van der Waals surface area (Å²) in [5, 5.41) is 3.89. The molecule has 0 aliphatic rings. The van der Waals surface area contributed by atoms with E-state index in [1.54, 1.807) is 11.3 Å². The Balaban J connectivity index is 2.14. The number of benzene rings is 1. The van der Waals surface area contributed by atoms with Crippen molar-refractivity contribution in [1.29, 1.82) is 0 Å². The van der Waals surface area contributed by atoms with Crippen LogP contribution in [-0.4, -0.2) is 4.98 Å². The first-order valence-corrected chi connectivity index (χ1v) is 5.85. The molecule has 2 aromatic rings. The summed E-state index contributed by atoms with van der Waals surface area (Å²) in [7, 11) is 0. The van der Waals surface area contributed by atoms with E-state index in [0.29, 0.717) is 0 Å². The van der Waals surface area contributed by atoms with Crippen LogP contribution in [0.4, 0.5) is 0 Å². The molecule has 1 heterocycles. The fraction of sp³-hybridized carbons (Fsp3) is 0.0833. The second-order valence-corrected chi connectivity index (χ2v) is 4.67. The molecule has 15 heavy (non-hydrogen) atoms. The van der Waals surface area contributed by atoms with Crippen molar-refractivity contribution in [3.05, 3.63) is 50.9 Å². The number of aromatic nitrogens is 1. The summed E-state index contributed by atoms with van der Waals surface area (Å²) in [5.74, 6) is 0. The van der Waals surface area contributed by atoms with Gasteiger partial charge in [-0.1, -0.05) is 29.8 Å². The van der Waals surface area contributed by atoms with Crippen molar-refractivity contribution in [3.8, 4) is 0 Å². The summed E-state index contributed by atoms with van der Waals surface area (Å²) in [5.41, 5.74) is 2.14. The van der Waals surface area contributed by atoms with Crippen LogP contribution in [0.25, 0.3) is 12.2 Å². The highest BCUT2D eigenvalue weighted by Gasteiger charge is 1.93. The number of thiazole rings is 1. The molecule has 0 radical (unpaired) electrons. The third-order valence-corrected chi connectivity index (χ3v) is 3.00. The molecule has 0 bridgehead atoms. The molecular weight excluding hydrogens is 226 g/mol. The molecule has 0 N–H and O–H groups in total. The van der Waals surface area contributed by atoms with E-state index in [4.69, 9.17) is 11.6 Å². The first-order chi connectivity index (χ1) is 7.24. The Bertz CT molecular complexity index is 471. The molecule has 0 spiro atoms. The number of aryl methyl sites for hydroxylation is 1. The van der Waals surface area contributed by atoms with Crippen molar-refractivity contribution in [3.63, 3.8) is 0 Å². The summed E-state index contributed by atoms with van der Waals surface area (Å²) in [6, 6.07) is 7.73. The Morgan fingerprint density at radius 1 is 1.20 bits per heavy atom. The molecule has 0 saturated carbocycles. The highest BCUT2D eigenvalue weighted by atomic mass is 35.5. The molecule has 1 aromatic carbocycles. The molecule has 1 aromatic heterocycles. The summed E-state index contributed by atoms with van der Waals surface area (Å²) in [6.07, 6.45) is 4.04. The normalized spacial score (nSPS) is 11.1. The minimum atomic E-state index is 0.761. The standard InChI is InChI=1S/C12H10ClNS/c1-9-14-12(8-15-9)7-4-10-2-5-11(13)6-3-10/h2-8H,1H3/b7-4+. The lowest BCUT2D eigenvalue weighted by molar-refractivity contribution is 1.28. The average molecular weight is 236 g/mol. The molecule has 1 nitrogen and oxygen atoms in total. The maximum absolute atomic E-state index is 5.80. The van der Waals surface area contributed by atoms with E-state index in [1.807, 2.05) is 48.7 Å². The number of halogens is 1. The number of hydrogen-bond donors (Lipinski definition) is 0. The van der Waals surface area contributed by atoms with Crippen LogP contribution in [0.15, 0.2) is 29.6 Å². The van der Waals surface area contributed by atoms with Gasteiger partial charge in [-0.3, -0.25) is 0 Å². The fourth-order valence-corrected chi connectivity index (χ4v) is 1.92. The van der Waals surface area contributed by atoms with Gasteiger partial charge in [-0.05, 0) is 30.7 Å². The third-order valence-electron chi connectivity index (χ3n) is 1.95. The van der Waals surface area contributed by atoms with E-state index in [9.17, 15) is 0 Å². The Hall–Kier alpha value is -1.12. The molecule has 0 unspecified atom stereocenters. The average Bonchev–Trinajstić information content (AvgIpc) is 2.64. The van der Waals surface area contributed by atoms with Gasteiger partial charge in [0.05, 0.1) is 10.7 Å². The van der Waals surface area contributed by atoms with Crippen LogP contribution in [0.2, 0.25) is 5.02 Å². The van der Waals surface area contributed by atoms with Crippen LogP contribution < -0.4 is 0 Å². The van der Waals surface area contributed by atoms with Gasteiger partial charge in [-0.25, -0.2) is 4.98 Å². The molecule has 0 amide bonds. The summed E-state index contributed by atoms with van der Waals surface area (Å²) in [6.45, 7) is 2.00. The van der Waals surface area contributed by atoms with Crippen molar-refractivity contribution in [2.24, 2.45) is 0 Å². The zero-order valence-corrected chi connectivity index (χ0v) is 9.85. The van der Waals surface area contributed by atoms with Crippen molar-refractivity contribution in [1.82, 2.24) is 4.98 Å². The van der Waals surface area contributed by atoms with E-state index in [2.05, 4.69) is 4.98 Å². The van der Waals surface area contributed by atoms with Gasteiger partial charge < -0.3 is 0 Å². The molecule has 3 heteroatoms. The molecule has 0 aliphatic heterocycles. The zero-order valence-electron chi connectivity index (χ0n) is 8.27. The van der Waals surface area contributed by atoms with E-state index < -0.39 is 0 Å². The number of nitrogens with zero attached hydrogens (tertiary/aromatic N) is 1. The van der Waals surface area contributed by atoms with Crippen molar-refractivity contribution >= 4 is 35.1 Å². The largest absolute Gasteiger partial charge is 0.242 e. The van der Waals surface area contributed by atoms with Gasteiger partial charge in [0, 0.05) is 10.4 Å². The van der Waals surface area contributed by atoms with Crippen LogP contribution in [0.1, 0.15) is 16.3 Å². The van der Waals surface area contributed by atoms with Crippen LogP contribution in [-0.2, 0) is 0 Å². The summed E-state index contributed by atoms with van der Waals surface area (Å²) in [4.78, 5) is 4.35. The number of hydrogen-bond acceptors (Lipinski definition) is 2. The van der Waals surface area contributed by atoms with Gasteiger partial charge in [-0.15, -0.1) is 11.3 Å². The molecule has 0 saturated heterocycles. The smallest absolute Gasteiger partial charge is 0.0901 e. The van der Waals surface area contributed by atoms with Gasteiger partial charge in [-0.2, -0.15) is 0 Å². The fourth-order valence-electron chi connectivity index (χ4n) is 1.21. The lowest BCUT2D eigenvalue weighted by atomic mass is 10.2. The van der Waals surface area contributed by atoms with E-state index >= 15 is 0 Å². The minimum absolute atomic E-state index is 0.761. The third kappa shape index (κ3) is 2.91. The van der Waals surface area contributed by atoms with Crippen LogP contribution in [0, 0.1) is 6.92 Å². The van der Waals surface area contributed by atoms with Crippen LogP contribution in [0.5, 0.6) is 0 Å². The molecule has 0 aliphatic carbocycles. The summed E-state index contributed by atoms with van der Waals surface area (Å²) >= 11 is 7.46. The van der Waals surface area contributed by atoms with Crippen molar-refractivity contribution in [2.45, 2.75) is 6.92 Å². The van der Waals surface area contributed by atoms with E-state index in [-0.39, 0.29) is 0 Å². The highest BCUT2D eigenvalue weighted by Crippen LogP contribution is 2.14. The molecule has 76 valence electrons. The number of rotatable bonds is 2. The zero-order chi connectivity index (χ0) is 10.7. The molecule has 2 rings (SSSR count). The first-order valence-electron chi connectivity index (χ1n) is 4.60. The Kier molecular flexibility index (Phi) is 3.19. The van der Waals surface area contributed by atoms with Crippen molar-refractivity contribution in [2.75, 3.05) is 0 Å². The quantitative estimate of drug-likeness (QED) is 0.757. The van der Waals surface area contributed by atoms with Gasteiger partial charge in [0.2, 0.25) is 0 Å². The van der Waals surface area contributed by atoms with E-state index in [1.165, 1.54) is 0 Å². The lowest BCUT2D eigenvalue weighted by Crippen LogP contribution is -1.73. The Morgan fingerprint density at radius 3 is 2.53 bits per heavy atom. The predicted octanol–water partition coefficient (Wildman–Crippen LogP) is 4.28. The second kappa shape index (κ2) is 4.60. The van der Waals surface area contributed by atoms with Gasteiger partial charge in [0.1, 0.15) is 0 Å². The van der Waals surface area contributed by atoms with Crippen LogP contribution >= 0.6 is 22.9 Å². The summed E-state index contributed by atoms with van der Waals surface area (Å²) < 4.78 is 0. The molecular formula is C12H10ClNS. The monoisotopic (exact) mass is 235 g/mol. The highest BCUT2D eigenvalue weighted by molar-refractivity contribution is 7.09. The predicted molar refractivity (Wildman–Crippen MR) is 67.2 cm³/mol. The maximum atomic E-state index is 5.80. The SMILES string of the molecule is Cc1nc(/C=C/c2ccc(Cl)cc2)cs1. The van der Waals surface area contributed by atoms with Gasteiger partial charge >= 0.3 is 0 Å². The lowest BCUT2D eigenvalue weighted by Gasteiger charge is -1.92. The molecule has 0 fully saturated rings. The minimum Gasteiger partial charge on any atom is -0.242 e. The second-order valence-electron chi connectivity index (χ2n) is 3.18. The Morgan fingerprint density at radius 2 is 1.93 bits per heavy atom. The molecule has 0 atom stereocenters. The van der Waals surface area contributed by atoms with Crippen molar-refractivity contribution < 1.29 is 0 Å². The maximum Gasteiger partial charge on any atom is 0.0901 e. The Labute approximate surface area is 98.1 Å². The van der Waals surface area contributed by atoms with Gasteiger partial charge in [0.15, 0.2) is 0 Å². The van der Waals surface area contributed by atoms with Gasteiger partial charge in [0.25, 0.3) is 0 Å². The van der Waals surface area contributed by atoms with Crippen LogP contribution in [0.3, 0.4) is 0 Å². The first kappa shape index (κ1) is 10.4. The topological polar surface area (TPSA) is 12.9 Å². The van der Waals surface area contributed by atoms with E-state index in [0.717, 1.165) is 21.3 Å².